The summed E-state index contributed by atoms with van der Waals surface area (Å²) < 4.78 is 15.7. The van der Waals surface area contributed by atoms with Crippen molar-refractivity contribution in [1.29, 1.82) is 0 Å². The summed E-state index contributed by atoms with van der Waals surface area (Å²) in [4.78, 5) is 18.2. The predicted octanol–water partition coefficient (Wildman–Crippen LogP) is 2.94. The van der Waals surface area contributed by atoms with Gasteiger partial charge in [-0.15, -0.1) is 0 Å². The van der Waals surface area contributed by atoms with Crippen molar-refractivity contribution in [3.05, 3.63) is 30.4 Å². The molecule has 1 aliphatic heterocycles. The number of carbonyl (C=O) groups excluding carboxylic acids is 1. The molecule has 1 atom stereocenters. The zero-order valence-electron chi connectivity index (χ0n) is 13.5. The van der Waals surface area contributed by atoms with Crippen LogP contribution in [0.4, 0.5) is 16.0 Å². The van der Waals surface area contributed by atoms with Gasteiger partial charge in [-0.3, -0.25) is 4.79 Å². The van der Waals surface area contributed by atoms with Gasteiger partial charge in [0.25, 0.3) is 0 Å². The molecule has 0 spiro atoms. The van der Waals surface area contributed by atoms with Gasteiger partial charge in [0, 0.05) is 19.3 Å². The number of anilines is 2. The zero-order chi connectivity index (χ0) is 16.6. The minimum absolute atomic E-state index is 0.250. The highest BCUT2D eigenvalue weighted by Crippen LogP contribution is 2.28. The van der Waals surface area contributed by atoms with Crippen LogP contribution in [-0.4, -0.2) is 34.7 Å². The molecule has 0 aliphatic carbocycles. The number of benzene rings is 1. The van der Waals surface area contributed by atoms with Gasteiger partial charge >= 0.3 is 0 Å². The van der Waals surface area contributed by atoms with Crippen LogP contribution in [0.3, 0.4) is 0 Å². The normalized spacial score (nSPS) is 18.2. The Kier molecular flexibility index (Phi) is 4.07. The molecule has 3 rings (SSSR count). The number of amides is 1. The summed E-state index contributed by atoms with van der Waals surface area (Å²) in [5.74, 6) is 0.522. The minimum atomic E-state index is -0.798. The number of hydrogen-bond acceptors (Lipinski definition) is 3. The number of fused-ring (bicyclic) bond motifs is 1. The highest BCUT2D eigenvalue weighted by Gasteiger charge is 2.23. The van der Waals surface area contributed by atoms with E-state index in [1.165, 1.54) is 6.08 Å². The summed E-state index contributed by atoms with van der Waals surface area (Å²) in [5, 5.41) is 2.79. The second kappa shape index (κ2) is 6.02. The van der Waals surface area contributed by atoms with E-state index in [-0.39, 0.29) is 5.91 Å². The van der Waals surface area contributed by atoms with Crippen molar-refractivity contribution in [2.75, 3.05) is 23.3 Å². The predicted molar refractivity (Wildman–Crippen MR) is 90.6 cm³/mol. The van der Waals surface area contributed by atoms with Crippen LogP contribution in [-0.2, 0) is 11.8 Å². The lowest BCUT2D eigenvalue weighted by molar-refractivity contribution is -0.111. The first-order valence-corrected chi connectivity index (χ1v) is 7.79. The SMILES string of the molecule is C=CC(=O)Nc1cc2nc(N3CCCC(F)C3)n(C)c2cc1C. The Morgan fingerprint density at radius 1 is 1.52 bits per heavy atom. The molecule has 1 saturated heterocycles. The van der Waals surface area contributed by atoms with Gasteiger partial charge in [-0.25, -0.2) is 9.37 Å². The molecule has 0 bridgehead atoms. The fourth-order valence-electron chi connectivity index (χ4n) is 3.04. The number of piperidine rings is 1. The molecular weight excluding hydrogens is 295 g/mol. The summed E-state index contributed by atoms with van der Waals surface area (Å²) in [7, 11) is 1.94. The monoisotopic (exact) mass is 316 g/mol. The molecule has 1 fully saturated rings. The Bertz CT molecular complexity index is 768. The number of alkyl halides is 1. The van der Waals surface area contributed by atoms with Gasteiger partial charge in [-0.2, -0.15) is 0 Å². The number of imidazole rings is 1. The molecule has 5 nitrogen and oxygen atoms in total. The Balaban J connectivity index is 2.00. The van der Waals surface area contributed by atoms with Crippen molar-refractivity contribution in [2.45, 2.75) is 25.9 Å². The van der Waals surface area contributed by atoms with Crippen LogP contribution in [0.15, 0.2) is 24.8 Å². The maximum Gasteiger partial charge on any atom is 0.247 e. The molecule has 23 heavy (non-hydrogen) atoms. The summed E-state index contributed by atoms with van der Waals surface area (Å²) >= 11 is 0. The average molecular weight is 316 g/mol. The van der Waals surface area contributed by atoms with E-state index < -0.39 is 6.17 Å². The fraction of sp³-hybridized carbons (Fsp3) is 0.412. The Morgan fingerprint density at radius 3 is 3.00 bits per heavy atom. The van der Waals surface area contributed by atoms with Crippen LogP contribution < -0.4 is 10.2 Å². The van der Waals surface area contributed by atoms with E-state index >= 15 is 0 Å². The van der Waals surface area contributed by atoms with Crippen LogP contribution in [0.1, 0.15) is 18.4 Å². The molecule has 2 aromatic rings. The van der Waals surface area contributed by atoms with Gasteiger partial charge in [0.2, 0.25) is 11.9 Å². The van der Waals surface area contributed by atoms with Crippen molar-refractivity contribution in [2.24, 2.45) is 7.05 Å². The van der Waals surface area contributed by atoms with E-state index in [0.29, 0.717) is 18.7 Å². The lowest BCUT2D eigenvalue weighted by Crippen LogP contribution is -2.37. The van der Waals surface area contributed by atoms with E-state index in [2.05, 4.69) is 16.9 Å². The molecule has 1 unspecified atom stereocenters. The number of nitrogens with zero attached hydrogens (tertiary/aromatic N) is 3. The third kappa shape index (κ3) is 2.93. The molecule has 0 saturated carbocycles. The molecule has 1 aromatic carbocycles. The molecule has 1 amide bonds. The number of aryl methyl sites for hydroxylation is 2. The van der Waals surface area contributed by atoms with Crippen molar-refractivity contribution in [1.82, 2.24) is 9.55 Å². The van der Waals surface area contributed by atoms with Crippen molar-refractivity contribution in [3.63, 3.8) is 0 Å². The first kappa shape index (κ1) is 15.5. The zero-order valence-corrected chi connectivity index (χ0v) is 13.5. The fourth-order valence-corrected chi connectivity index (χ4v) is 3.04. The molecular formula is C17H21FN4O. The van der Waals surface area contributed by atoms with Crippen LogP contribution in [0, 0.1) is 6.92 Å². The first-order chi connectivity index (χ1) is 11.0. The third-order valence-corrected chi connectivity index (χ3v) is 4.29. The average Bonchev–Trinajstić information content (AvgIpc) is 2.84. The third-order valence-electron chi connectivity index (χ3n) is 4.29. The molecule has 122 valence electrons. The van der Waals surface area contributed by atoms with E-state index in [9.17, 15) is 9.18 Å². The van der Waals surface area contributed by atoms with Crippen molar-refractivity contribution in [3.8, 4) is 0 Å². The summed E-state index contributed by atoms with van der Waals surface area (Å²) in [6, 6.07) is 3.84. The maximum atomic E-state index is 13.7. The smallest absolute Gasteiger partial charge is 0.247 e. The standard InChI is InChI=1S/C17H21FN4O/c1-4-16(23)19-13-9-14-15(8-11(13)2)21(3)17(20-14)22-7-5-6-12(18)10-22/h4,8-9,12H,1,5-7,10H2,2-3H3,(H,19,23). The number of nitrogens with one attached hydrogen (secondary N) is 1. The van der Waals surface area contributed by atoms with E-state index in [0.717, 1.165) is 35.5 Å². The topological polar surface area (TPSA) is 50.2 Å². The van der Waals surface area contributed by atoms with Gasteiger partial charge in [0.05, 0.1) is 17.6 Å². The molecule has 1 aliphatic rings. The first-order valence-electron chi connectivity index (χ1n) is 7.79. The van der Waals surface area contributed by atoms with Crippen molar-refractivity contribution >= 4 is 28.6 Å². The van der Waals surface area contributed by atoms with Crippen LogP contribution in [0.5, 0.6) is 0 Å². The highest BCUT2D eigenvalue weighted by atomic mass is 19.1. The number of aromatic nitrogens is 2. The van der Waals surface area contributed by atoms with Gasteiger partial charge in [0.15, 0.2) is 0 Å². The number of hydrogen-bond donors (Lipinski definition) is 1. The quantitative estimate of drug-likeness (QED) is 0.886. The minimum Gasteiger partial charge on any atom is -0.339 e. The summed E-state index contributed by atoms with van der Waals surface area (Å²) in [6.45, 7) is 6.60. The van der Waals surface area contributed by atoms with Crippen LogP contribution in [0.25, 0.3) is 11.0 Å². The second-order valence-corrected chi connectivity index (χ2v) is 6.01. The molecule has 6 heteroatoms. The van der Waals surface area contributed by atoms with Crippen LogP contribution >= 0.6 is 0 Å². The Hall–Kier alpha value is -2.37. The largest absolute Gasteiger partial charge is 0.339 e. The molecule has 1 aromatic heterocycles. The Morgan fingerprint density at radius 2 is 2.30 bits per heavy atom. The van der Waals surface area contributed by atoms with Gasteiger partial charge in [-0.1, -0.05) is 6.58 Å². The lowest BCUT2D eigenvalue weighted by Gasteiger charge is -2.29. The van der Waals surface area contributed by atoms with E-state index in [1.54, 1.807) is 0 Å². The summed E-state index contributed by atoms with van der Waals surface area (Å²) in [6.07, 6.45) is 1.90. The summed E-state index contributed by atoms with van der Waals surface area (Å²) in [5.41, 5.74) is 3.42. The maximum absolute atomic E-state index is 13.7. The number of halogens is 1. The molecule has 0 radical (unpaired) electrons. The van der Waals surface area contributed by atoms with Gasteiger partial charge in [-0.05, 0) is 43.5 Å². The lowest BCUT2D eigenvalue weighted by atomic mass is 10.1. The van der Waals surface area contributed by atoms with E-state index in [4.69, 9.17) is 0 Å². The second-order valence-electron chi connectivity index (χ2n) is 6.01. The number of carbonyl (C=O) groups is 1. The van der Waals surface area contributed by atoms with E-state index in [1.807, 2.05) is 35.6 Å². The number of rotatable bonds is 3. The van der Waals surface area contributed by atoms with Crippen LogP contribution in [0.2, 0.25) is 0 Å². The van der Waals surface area contributed by atoms with Gasteiger partial charge in [0.1, 0.15) is 6.17 Å². The molecule has 1 N–H and O–H groups in total. The highest BCUT2D eigenvalue weighted by molar-refractivity contribution is 6.00. The Labute approximate surface area is 134 Å². The molecule has 2 heterocycles. The van der Waals surface area contributed by atoms with Gasteiger partial charge < -0.3 is 14.8 Å². The van der Waals surface area contributed by atoms with Crippen molar-refractivity contribution < 1.29 is 9.18 Å².